The molecule has 3 rings (SSSR count). The van der Waals surface area contributed by atoms with Crippen LogP contribution in [-0.2, 0) is 4.79 Å². The van der Waals surface area contributed by atoms with E-state index in [0.29, 0.717) is 18.9 Å². The number of anilines is 1. The van der Waals surface area contributed by atoms with E-state index < -0.39 is 11.9 Å². The summed E-state index contributed by atoms with van der Waals surface area (Å²) in [4.78, 5) is 26.5. The van der Waals surface area contributed by atoms with Crippen LogP contribution in [0.15, 0.2) is 24.3 Å². The third-order valence-electron chi connectivity index (χ3n) is 3.67. The minimum atomic E-state index is -0.839. The molecule has 0 spiro atoms. The number of benzene rings is 1. The number of amides is 2. The molecule has 0 aliphatic carbocycles. The summed E-state index contributed by atoms with van der Waals surface area (Å²) in [7, 11) is 0. The molecule has 1 N–H and O–H groups in total. The van der Waals surface area contributed by atoms with E-state index in [1.807, 2.05) is 24.3 Å². The zero-order valence-corrected chi connectivity index (χ0v) is 11.0. The first-order valence-corrected chi connectivity index (χ1v) is 6.68. The Labute approximate surface area is 116 Å². The number of fused-ring (bicyclic) bond motifs is 1. The van der Waals surface area contributed by atoms with Crippen molar-refractivity contribution in [3.05, 3.63) is 24.3 Å². The second-order valence-electron chi connectivity index (χ2n) is 5.04. The molecule has 0 atom stereocenters. The van der Waals surface area contributed by atoms with E-state index in [9.17, 15) is 9.59 Å². The number of carboxylic acid groups (broad SMARTS) is 1. The first-order chi connectivity index (χ1) is 9.66. The van der Waals surface area contributed by atoms with Crippen molar-refractivity contribution in [3.8, 4) is 5.75 Å². The van der Waals surface area contributed by atoms with Crippen LogP contribution in [0.4, 0.5) is 10.5 Å². The van der Waals surface area contributed by atoms with Gasteiger partial charge in [0.2, 0.25) is 0 Å². The molecule has 2 heterocycles. The Balaban J connectivity index is 1.77. The lowest BCUT2D eigenvalue weighted by atomic mass is 10.0. The summed E-state index contributed by atoms with van der Waals surface area (Å²) in [5.41, 5.74) is 0.758. The molecular formula is C14H16N2O4. The lowest BCUT2D eigenvalue weighted by Gasteiger charge is -2.39. The number of hydrogen-bond donors (Lipinski definition) is 1. The van der Waals surface area contributed by atoms with Gasteiger partial charge < -0.3 is 14.7 Å². The quantitative estimate of drug-likeness (QED) is 0.842. The van der Waals surface area contributed by atoms with Crippen molar-refractivity contribution in [1.82, 2.24) is 4.90 Å². The molecule has 2 aliphatic rings. The van der Waals surface area contributed by atoms with Gasteiger partial charge in [-0.2, -0.15) is 0 Å². The SMILES string of the molecule is O=C(O)C1CN(C(=O)N2CCCOc3ccccc32)C1. The lowest BCUT2D eigenvalue weighted by Crippen LogP contribution is -2.57. The zero-order chi connectivity index (χ0) is 14.1. The van der Waals surface area contributed by atoms with E-state index in [1.165, 1.54) is 0 Å². The molecule has 1 aromatic rings. The summed E-state index contributed by atoms with van der Waals surface area (Å²) in [6.07, 6.45) is 0.761. The predicted octanol–water partition coefficient (Wildman–Crippen LogP) is 1.41. The molecule has 0 bridgehead atoms. The number of ether oxygens (including phenoxy) is 1. The molecule has 0 unspecified atom stereocenters. The summed E-state index contributed by atoms with van der Waals surface area (Å²) in [6, 6.07) is 7.30. The first kappa shape index (κ1) is 12.8. The van der Waals surface area contributed by atoms with Crippen molar-refractivity contribution in [2.24, 2.45) is 5.92 Å². The number of carbonyl (C=O) groups is 2. The van der Waals surface area contributed by atoms with Gasteiger partial charge in [0.05, 0.1) is 18.2 Å². The molecular weight excluding hydrogens is 260 g/mol. The maximum absolute atomic E-state index is 12.5. The number of para-hydroxylation sites is 2. The molecule has 6 nitrogen and oxygen atoms in total. The molecule has 1 saturated heterocycles. The highest BCUT2D eigenvalue weighted by Gasteiger charge is 2.38. The molecule has 0 radical (unpaired) electrons. The molecule has 0 saturated carbocycles. The zero-order valence-electron chi connectivity index (χ0n) is 11.0. The summed E-state index contributed by atoms with van der Waals surface area (Å²) < 4.78 is 5.61. The Morgan fingerprint density at radius 3 is 2.75 bits per heavy atom. The molecule has 2 amide bonds. The van der Waals surface area contributed by atoms with Crippen molar-refractivity contribution in [3.63, 3.8) is 0 Å². The van der Waals surface area contributed by atoms with E-state index in [4.69, 9.17) is 9.84 Å². The van der Waals surface area contributed by atoms with Gasteiger partial charge in [0.1, 0.15) is 5.75 Å². The van der Waals surface area contributed by atoms with Crippen LogP contribution < -0.4 is 9.64 Å². The van der Waals surface area contributed by atoms with Crippen LogP contribution in [0.3, 0.4) is 0 Å². The van der Waals surface area contributed by atoms with Crippen LogP contribution in [0.25, 0.3) is 0 Å². The number of urea groups is 1. The third-order valence-corrected chi connectivity index (χ3v) is 3.67. The first-order valence-electron chi connectivity index (χ1n) is 6.68. The van der Waals surface area contributed by atoms with Crippen LogP contribution in [0.5, 0.6) is 5.75 Å². The average Bonchev–Trinajstić information content (AvgIpc) is 2.58. The topological polar surface area (TPSA) is 70.1 Å². The van der Waals surface area contributed by atoms with Crippen LogP contribution in [-0.4, -0.2) is 48.2 Å². The van der Waals surface area contributed by atoms with E-state index in [1.54, 1.807) is 9.80 Å². The maximum atomic E-state index is 12.5. The van der Waals surface area contributed by atoms with Gasteiger partial charge in [0.15, 0.2) is 0 Å². The Kier molecular flexibility index (Phi) is 3.22. The largest absolute Gasteiger partial charge is 0.491 e. The van der Waals surface area contributed by atoms with E-state index >= 15 is 0 Å². The molecule has 2 aliphatic heterocycles. The second kappa shape index (κ2) is 5.03. The number of likely N-dealkylation sites (tertiary alicyclic amines) is 1. The summed E-state index contributed by atoms with van der Waals surface area (Å²) in [5, 5.41) is 8.87. The number of rotatable bonds is 1. The Bertz CT molecular complexity index is 540. The fraction of sp³-hybridized carbons (Fsp3) is 0.429. The fourth-order valence-electron chi connectivity index (χ4n) is 2.49. The van der Waals surface area contributed by atoms with Gasteiger partial charge in [0, 0.05) is 19.6 Å². The number of carbonyl (C=O) groups excluding carboxylic acids is 1. The normalized spacial score (nSPS) is 18.6. The molecule has 20 heavy (non-hydrogen) atoms. The highest BCUT2D eigenvalue weighted by atomic mass is 16.5. The standard InChI is InChI=1S/C14H16N2O4/c17-13(18)10-8-15(9-10)14(19)16-6-3-7-20-12-5-2-1-4-11(12)16/h1-2,4-5,10H,3,6-9H2,(H,17,18). The minimum Gasteiger partial charge on any atom is -0.491 e. The van der Waals surface area contributed by atoms with Crippen molar-refractivity contribution < 1.29 is 19.4 Å². The van der Waals surface area contributed by atoms with E-state index in [-0.39, 0.29) is 19.1 Å². The van der Waals surface area contributed by atoms with Crippen molar-refractivity contribution in [1.29, 1.82) is 0 Å². The van der Waals surface area contributed by atoms with E-state index in [2.05, 4.69) is 0 Å². The summed E-state index contributed by atoms with van der Waals surface area (Å²) in [5.74, 6) is -0.570. The number of aliphatic carboxylic acids is 1. The number of hydrogen-bond acceptors (Lipinski definition) is 3. The van der Waals surface area contributed by atoms with Crippen molar-refractivity contribution >= 4 is 17.7 Å². The molecule has 0 aromatic heterocycles. The molecule has 1 aromatic carbocycles. The monoisotopic (exact) mass is 276 g/mol. The van der Waals surface area contributed by atoms with Gasteiger partial charge in [-0.05, 0) is 18.6 Å². The van der Waals surface area contributed by atoms with Gasteiger partial charge in [-0.1, -0.05) is 12.1 Å². The van der Waals surface area contributed by atoms with Gasteiger partial charge in [0.25, 0.3) is 0 Å². The Hall–Kier alpha value is -2.24. The third kappa shape index (κ3) is 2.17. The Morgan fingerprint density at radius 1 is 1.25 bits per heavy atom. The maximum Gasteiger partial charge on any atom is 0.324 e. The van der Waals surface area contributed by atoms with Crippen LogP contribution >= 0.6 is 0 Å². The number of nitrogens with zero attached hydrogens (tertiary/aromatic N) is 2. The molecule has 6 heteroatoms. The second-order valence-corrected chi connectivity index (χ2v) is 5.04. The van der Waals surface area contributed by atoms with Gasteiger partial charge in [-0.25, -0.2) is 4.79 Å². The summed E-state index contributed by atoms with van der Waals surface area (Å²) >= 11 is 0. The smallest absolute Gasteiger partial charge is 0.324 e. The molecule has 1 fully saturated rings. The van der Waals surface area contributed by atoms with Crippen LogP contribution in [0.2, 0.25) is 0 Å². The summed E-state index contributed by atoms with van der Waals surface area (Å²) in [6.45, 7) is 1.74. The van der Waals surface area contributed by atoms with Crippen molar-refractivity contribution in [2.75, 3.05) is 31.1 Å². The minimum absolute atomic E-state index is 0.138. The highest BCUT2D eigenvalue weighted by Crippen LogP contribution is 2.32. The average molecular weight is 276 g/mol. The predicted molar refractivity (Wildman–Crippen MR) is 72.0 cm³/mol. The highest BCUT2D eigenvalue weighted by molar-refractivity contribution is 5.95. The van der Waals surface area contributed by atoms with Gasteiger partial charge in [-0.3, -0.25) is 9.69 Å². The van der Waals surface area contributed by atoms with E-state index in [0.717, 1.165) is 12.1 Å². The molecule has 106 valence electrons. The lowest BCUT2D eigenvalue weighted by molar-refractivity contribution is -0.146. The van der Waals surface area contributed by atoms with Crippen molar-refractivity contribution in [2.45, 2.75) is 6.42 Å². The van der Waals surface area contributed by atoms with Gasteiger partial charge >= 0.3 is 12.0 Å². The Morgan fingerprint density at radius 2 is 2.00 bits per heavy atom. The number of carboxylic acids is 1. The van der Waals surface area contributed by atoms with Crippen LogP contribution in [0.1, 0.15) is 6.42 Å². The van der Waals surface area contributed by atoms with Crippen LogP contribution in [0, 0.1) is 5.92 Å². The fourth-order valence-corrected chi connectivity index (χ4v) is 2.49. The van der Waals surface area contributed by atoms with Gasteiger partial charge in [-0.15, -0.1) is 0 Å².